The van der Waals surface area contributed by atoms with Gasteiger partial charge in [-0.15, -0.1) is 12.4 Å². The Morgan fingerprint density at radius 2 is 1.90 bits per heavy atom. The van der Waals surface area contributed by atoms with Crippen LogP contribution in [0.15, 0.2) is 24.3 Å². The fourth-order valence-electron chi connectivity index (χ4n) is 4.02. The fraction of sp³-hybridized carbons (Fsp3) is 0.609. The van der Waals surface area contributed by atoms with Crippen molar-refractivity contribution >= 4 is 24.4 Å². The molecule has 162 valence electrons. The Morgan fingerprint density at radius 1 is 1.17 bits per heavy atom. The van der Waals surface area contributed by atoms with E-state index < -0.39 is 0 Å². The van der Waals surface area contributed by atoms with Crippen LogP contribution in [0.5, 0.6) is 11.5 Å². The maximum atomic E-state index is 12.2. The molecule has 0 atom stereocenters. The van der Waals surface area contributed by atoms with Crippen LogP contribution in [0.2, 0.25) is 0 Å². The van der Waals surface area contributed by atoms with Crippen LogP contribution >= 0.6 is 12.4 Å². The molecule has 1 heterocycles. The number of hydrogen-bond acceptors (Lipinski definition) is 4. The summed E-state index contributed by atoms with van der Waals surface area (Å²) in [6.07, 6.45) is 10.6. The normalized spacial score (nSPS) is 22.3. The molecule has 0 spiro atoms. The van der Waals surface area contributed by atoms with Gasteiger partial charge < -0.3 is 14.8 Å². The van der Waals surface area contributed by atoms with Crippen molar-refractivity contribution in [2.75, 3.05) is 33.4 Å². The highest BCUT2D eigenvalue weighted by molar-refractivity contribution is 5.92. The number of methoxy groups -OCH3 is 1. The Kier molecular flexibility index (Phi) is 9.82. The van der Waals surface area contributed by atoms with Gasteiger partial charge in [0.25, 0.3) is 0 Å². The van der Waals surface area contributed by atoms with Gasteiger partial charge in [0.2, 0.25) is 5.91 Å². The molecule has 29 heavy (non-hydrogen) atoms. The Labute approximate surface area is 181 Å². The van der Waals surface area contributed by atoms with E-state index in [0.717, 1.165) is 36.6 Å². The zero-order chi connectivity index (χ0) is 19.8. The van der Waals surface area contributed by atoms with Crippen molar-refractivity contribution in [3.05, 3.63) is 29.8 Å². The number of carbonyl (C=O) groups excluding carboxylic acids is 1. The van der Waals surface area contributed by atoms with Gasteiger partial charge in [0.15, 0.2) is 11.5 Å². The molecule has 5 nitrogen and oxygen atoms in total. The lowest BCUT2D eigenvalue weighted by Crippen LogP contribution is -2.36. The van der Waals surface area contributed by atoms with Crippen LogP contribution in [0.25, 0.3) is 6.08 Å². The maximum absolute atomic E-state index is 12.2. The number of rotatable bonds is 8. The molecule has 2 fully saturated rings. The smallest absolute Gasteiger partial charge is 0.244 e. The third-order valence-corrected chi connectivity index (χ3v) is 5.84. The van der Waals surface area contributed by atoms with Gasteiger partial charge >= 0.3 is 0 Å². The molecule has 1 aromatic rings. The molecule has 3 rings (SSSR count). The van der Waals surface area contributed by atoms with Crippen molar-refractivity contribution < 1.29 is 14.3 Å². The summed E-state index contributed by atoms with van der Waals surface area (Å²) in [6, 6.07) is 6.11. The third kappa shape index (κ3) is 7.56. The number of carbonyl (C=O) groups is 1. The lowest BCUT2D eigenvalue weighted by Gasteiger charge is -2.26. The van der Waals surface area contributed by atoms with E-state index in [1.165, 1.54) is 38.8 Å². The Balaban J connectivity index is 0.00000300. The van der Waals surface area contributed by atoms with Gasteiger partial charge in [-0.05, 0) is 81.3 Å². The zero-order valence-corrected chi connectivity index (χ0v) is 18.5. The van der Waals surface area contributed by atoms with Crippen LogP contribution in [0, 0.1) is 5.92 Å². The van der Waals surface area contributed by atoms with Crippen molar-refractivity contribution in [3.63, 3.8) is 0 Å². The molecular formula is C23H35ClN2O3. The van der Waals surface area contributed by atoms with Crippen molar-refractivity contribution in [2.45, 2.75) is 51.5 Å². The van der Waals surface area contributed by atoms with Crippen molar-refractivity contribution in [1.29, 1.82) is 0 Å². The first kappa shape index (κ1) is 23.6. The van der Waals surface area contributed by atoms with Gasteiger partial charge in [-0.1, -0.05) is 13.0 Å². The first-order valence-corrected chi connectivity index (χ1v) is 10.7. The SMILES string of the molecule is COc1cc(/C=C/C(=O)NC2CCC(C)CC2)ccc1OCCN1CCCC1.Cl. The standard InChI is InChI=1S/C23H34N2O3.ClH/c1-18-5-9-20(10-6-18)24-23(26)12-8-19-7-11-21(22(17-19)27-2)28-16-15-25-13-3-4-14-25;/h7-8,11-12,17-18,20H,3-6,9-10,13-16H2,1-2H3,(H,24,26);1H/b12-8+;. The first-order valence-electron chi connectivity index (χ1n) is 10.7. The van der Waals surface area contributed by atoms with Crippen LogP contribution in [0.1, 0.15) is 51.0 Å². The van der Waals surface area contributed by atoms with Crippen LogP contribution in [-0.4, -0.2) is 50.2 Å². The Bertz CT molecular complexity index is 666. The summed E-state index contributed by atoms with van der Waals surface area (Å²) in [4.78, 5) is 14.6. The van der Waals surface area contributed by atoms with E-state index in [1.54, 1.807) is 13.2 Å². The second kappa shape index (κ2) is 12.1. The van der Waals surface area contributed by atoms with Gasteiger partial charge in [0, 0.05) is 18.7 Å². The summed E-state index contributed by atoms with van der Waals surface area (Å²) in [6.45, 7) is 6.24. The topological polar surface area (TPSA) is 50.8 Å². The summed E-state index contributed by atoms with van der Waals surface area (Å²) in [5, 5.41) is 3.12. The van der Waals surface area contributed by atoms with E-state index in [4.69, 9.17) is 9.47 Å². The Morgan fingerprint density at radius 3 is 2.59 bits per heavy atom. The van der Waals surface area contributed by atoms with E-state index in [9.17, 15) is 4.79 Å². The molecule has 1 aliphatic heterocycles. The van der Waals surface area contributed by atoms with Gasteiger partial charge in [0.1, 0.15) is 6.61 Å². The van der Waals surface area contributed by atoms with Crippen molar-refractivity contribution in [3.8, 4) is 11.5 Å². The summed E-state index contributed by atoms with van der Waals surface area (Å²) < 4.78 is 11.4. The highest BCUT2D eigenvalue weighted by Crippen LogP contribution is 2.29. The number of benzene rings is 1. The average Bonchev–Trinajstić information content (AvgIpc) is 3.22. The maximum Gasteiger partial charge on any atom is 0.244 e. The predicted octanol–water partition coefficient (Wildman–Crippen LogP) is 4.30. The number of amides is 1. The molecule has 1 amide bonds. The number of ether oxygens (including phenoxy) is 2. The highest BCUT2D eigenvalue weighted by atomic mass is 35.5. The molecule has 1 aromatic carbocycles. The van der Waals surface area contributed by atoms with Crippen LogP contribution < -0.4 is 14.8 Å². The lowest BCUT2D eigenvalue weighted by atomic mass is 9.87. The Hall–Kier alpha value is -1.72. The minimum absolute atomic E-state index is 0. The highest BCUT2D eigenvalue weighted by Gasteiger charge is 2.18. The van der Waals surface area contributed by atoms with Crippen LogP contribution in [0.4, 0.5) is 0 Å². The summed E-state index contributed by atoms with van der Waals surface area (Å²) in [7, 11) is 1.65. The summed E-state index contributed by atoms with van der Waals surface area (Å²) in [5.41, 5.74) is 0.927. The largest absolute Gasteiger partial charge is 0.493 e. The monoisotopic (exact) mass is 422 g/mol. The molecule has 0 bridgehead atoms. The molecule has 2 aliphatic rings. The number of hydrogen-bond donors (Lipinski definition) is 1. The minimum Gasteiger partial charge on any atom is -0.493 e. The molecular weight excluding hydrogens is 388 g/mol. The third-order valence-electron chi connectivity index (χ3n) is 5.84. The summed E-state index contributed by atoms with van der Waals surface area (Å²) >= 11 is 0. The van der Waals surface area contributed by atoms with E-state index >= 15 is 0 Å². The minimum atomic E-state index is -0.0236. The zero-order valence-electron chi connectivity index (χ0n) is 17.7. The van der Waals surface area contributed by atoms with Crippen LogP contribution in [-0.2, 0) is 4.79 Å². The second-order valence-corrected chi connectivity index (χ2v) is 8.11. The van der Waals surface area contributed by atoms with E-state index in [-0.39, 0.29) is 18.3 Å². The van der Waals surface area contributed by atoms with Gasteiger partial charge in [-0.3, -0.25) is 9.69 Å². The van der Waals surface area contributed by atoms with E-state index in [1.807, 2.05) is 24.3 Å². The average molecular weight is 423 g/mol. The molecule has 0 aromatic heterocycles. The first-order chi connectivity index (χ1) is 13.6. The number of halogens is 1. The van der Waals surface area contributed by atoms with E-state index in [0.29, 0.717) is 18.4 Å². The molecule has 1 aliphatic carbocycles. The molecule has 6 heteroatoms. The molecule has 0 unspecified atom stereocenters. The van der Waals surface area contributed by atoms with Gasteiger partial charge in [-0.2, -0.15) is 0 Å². The van der Waals surface area contributed by atoms with Crippen molar-refractivity contribution in [1.82, 2.24) is 10.2 Å². The predicted molar refractivity (Wildman–Crippen MR) is 120 cm³/mol. The number of likely N-dealkylation sites (tertiary alicyclic amines) is 1. The lowest BCUT2D eigenvalue weighted by molar-refractivity contribution is -0.117. The van der Waals surface area contributed by atoms with Crippen molar-refractivity contribution in [2.24, 2.45) is 5.92 Å². The number of nitrogens with one attached hydrogen (secondary N) is 1. The van der Waals surface area contributed by atoms with Gasteiger partial charge in [0.05, 0.1) is 7.11 Å². The molecule has 1 N–H and O–H groups in total. The van der Waals surface area contributed by atoms with Crippen LogP contribution in [0.3, 0.4) is 0 Å². The fourth-order valence-corrected chi connectivity index (χ4v) is 4.02. The quantitative estimate of drug-likeness (QED) is 0.634. The number of nitrogens with zero attached hydrogens (tertiary/aromatic N) is 1. The second-order valence-electron chi connectivity index (χ2n) is 8.11. The van der Waals surface area contributed by atoms with Gasteiger partial charge in [-0.25, -0.2) is 0 Å². The molecule has 1 saturated carbocycles. The summed E-state index contributed by atoms with van der Waals surface area (Å²) in [5.74, 6) is 2.21. The van der Waals surface area contributed by atoms with E-state index in [2.05, 4.69) is 17.1 Å². The molecule has 1 saturated heterocycles. The molecule has 0 radical (unpaired) electrons.